The summed E-state index contributed by atoms with van der Waals surface area (Å²) in [6, 6.07) is 66.7. The molecule has 0 atom stereocenters. The molecular formula is C46H31NO. The molecular weight excluding hydrogens is 583 g/mol. The number of nitrogens with zero attached hydrogens (tertiary/aromatic N) is 1. The highest BCUT2D eigenvalue weighted by Crippen LogP contribution is 2.47. The molecule has 48 heavy (non-hydrogen) atoms. The Kier molecular flexibility index (Phi) is 6.84. The van der Waals surface area contributed by atoms with E-state index in [1.165, 1.54) is 33.0 Å². The van der Waals surface area contributed by atoms with Crippen LogP contribution < -0.4 is 4.90 Å². The van der Waals surface area contributed by atoms with Gasteiger partial charge in [0.1, 0.15) is 5.58 Å². The minimum atomic E-state index is 0.867. The summed E-state index contributed by atoms with van der Waals surface area (Å²) in [6.07, 6.45) is 0. The van der Waals surface area contributed by atoms with Crippen molar-refractivity contribution >= 4 is 49.8 Å². The zero-order valence-corrected chi connectivity index (χ0v) is 26.3. The lowest BCUT2D eigenvalue weighted by Gasteiger charge is -2.26. The Morgan fingerprint density at radius 3 is 1.42 bits per heavy atom. The normalized spacial score (nSPS) is 11.3. The summed E-state index contributed by atoms with van der Waals surface area (Å²) in [6.45, 7) is 0. The van der Waals surface area contributed by atoms with Crippen molar-refractivity contribution in [1.29, 1.82) is 0 Å². The summed E-state index contributed by atoms with van der Waals surface area (Å²) in [5.74, 6) is 0. The molecule has 2 nitrogen and oxygen atoms in total. The van der Waals surface area contributed by atoms with Gasteiger partial charge in [0.15, 0.2) is 5.58 Å². The van der Waals surface area contributed by atoms with E-state index in [9.17, 15) is 0 Å². The molecule has 0 saturated heterocycles. The number of para-hydroxylation sites is 1. The Morgan fingerprint density at radius 1 is 0.354 bits per heavy atom. The maximum atomic E-state index is 7.05. The summed E-state index contributed by atoms with van der Waals surface area (Å²) < 4.78 is 7.05. The molecule has 1 aromatic heterocycles. The third kappa shape index (κ3) is 4.83. The van der Waals surface area contributed by atoms with Crippen molar-refractivity contribution in [3.05, 3.63) is 188 Å². The molecule has 2 heteroatoms. The molecule has 8 aromatic carbocycles. The third-order valence-electron chi connectivity index (χ3n) is 9.26. The first-order valence-corrected chi connectivity index (χ1v) is 16.4. The fourth-order valence-electron chi connectivity index (χ4n) is 6.94. The summed E-state index contributed by atoms with van der Waals surface area (Å²) in [5, 5.41) is 4.59. The molecule has 0 unspecified atom stereocenters. The third-order valence-corrected chi connectivity index (χ3v) is 9.26. The molecule has 0 spiro atoms. The standard InChI is InChI=1S/C46H31NO/c1-4-13-32(14-5-1)34-23-27-38(28-24-34)47(39-29-25-35(26-30-39)33-15-6-2-7-16-33)43-31-37-19-10-11-20-40(37)44-42-22-12-21-41(45(42)48-46(43)44)36-17-8-3-9-18-36/h1-31H. The van der Waals surface area contributed by atoms with E-state index in [0.717, 1.165) is 50.1 Å². The molecule has 0 fully saturated rings. The number of benzene rings is 8. The number of anilines is 3. The smallest absolute Gasteiger partial charge is 0.160 e. The molecule has 0 radical (unpaired) electrons. The van der Waals surface area contributed by atoms with Gasteiger partial charge in [0.25, 0.3) is 0 Å². The Morgan fingerprint density at radius 2 is 0.833 bits per heavy atom. The van der Waals surface area contributed by atoms with Gasteiger partial charge in [-0.15, -0.1) is 0 Å². The molecule has 9 rings (SSSR count). The van der Waals surface area contributed by atoms with Gasteiger partial charge in [-0.1, -0.05) is 158 Å². The van der Waals surface area contributed by atoms with E-state index in [-0.39, 0.29) is 0 Å². The van der Waals surface area contributed by atoms with Gasteiger partial charge in [-0.3, -0.25) is 0 Å². The van der Waals surface area contributed by atoms with Crippen LogP contribution in [0.15, 0.2) is 192 Å². The number of rotatable bonds is 6. The molecule has 0 saturated carbocycles. The van der Waals surface area contributed by atoms with Crippen molar-refractivity contribution in [3.8, 4) is 33.4 Å². The second-order valence-corrected chi connectivity index (χ2v) is 12.1. The average Bonchev–Trinajstić information content (AvgIpc) is 3.57. The molecule has 226 valence electrons. The zero-order chi connectivity index (χ0) is 31.9. The van der Waals surface area contributed by atoms with E-state index < -0.39 is 0 Å². The van der Waals surface area contributed by atoms with Gasteiger partial charge < -0.3 is 9.32 Å². The maximum Gasteiger partial charge on any atom is 0.160 e. The van der Waals surface area contributed by atoms with Crippen molar-refractivity contribution in [3.63, 3.8) is 0 Å². The van der Waals surface area contributed by atoms with Crippen LogP contribution in [0.1, 0.15) is 0 Å². The molecule has 0 aliphatic heterocycles. The summed E-state index contributed by atoms with van der Waals surface area (Å²) in [7, 11) is 0. The quantitative estimate of drug-likeness (QED) is 0.185. The lowest BCUT2D eigenvalue weighted by Crippen LogP contribution is -2.10. The maximum absolute atomic E-state index is 7.05. The summed E-state index contributed by atoms with van der Waals surface area (Å²) in [5.41, 5.74) is 11.9. The Hall–Kier alpha value is -6.38. The number of hydrogen-bond acceptors (Lipinski definition) is 2. The average molecular weight is 614 g/mol. The Labute approximate surface area is 279 Å². The van der Waals surface area contributed by atoms with Gasteiger partial charge >= 0.3 is 0 Å². The predicted molar refractivity (Wildman–Crippen MR) is 202 cm³/mol. The van der Waals surface area contributed by atoms with E-state index in [2.05, 4.69) is 193 Å². The van der Waals surface area contributed by atoms with Gasteiger partial charge in [0.05, 0.1) is 5.69 Å². The first-order valence-electron chi connectivity index (χ1n) is 16.4. The topological polar surface area (TPSA) is 16.4 Å². The molecule has 1 heterocycles. The predicted octanol–water partition coefficient (Wildman–Crippen LogP) is 13.2. The van der Waals surface area contributed by atoms with Crippen molar-refractivity contribution in [2.24, 2.45) is 0 Å². The number of hydrogen-bond donors (Lipinski definition) is 0. The molecule has 0 amide bonds. The number of fused-ring (bicyclic) bond motifs is 5. The lowest BCUT2D eigenvalue weighted by molar-refractivity contribution is 0.670. The largest absolute Gasteiger partial charge is 0.453 e. The van der Waals surface area contributed by atoms with Gasteiger partial charge in [-0.05, 0) is 68.9 Å². The van der Waals surface area contributed by atoms with Crippen LogP contribution in [-0.4, -0.2) is 0 Å². The van der Waals surface area contributed by atoms with Crippen molar-refractivity contribution in [2.75, 3.05) is 4.90 Å². The van der Waals surface area contributed by atoms with Crippen LogP contribution in [0.4, 0.5) is 17.1 Å². The highest BCUT2D eigenvalue weighted by atomic mass is 16.3. The van der Waals surface area contributed by atoms with Gasteiger partial charge in [-0.2, -0.15) is 0 Å². The molecule has 9 aromatic rings. The van der Waals surface area contributed by atoms with E-state index in [1.807, 2.05) is 0 Å². The van der Waals surface area contributed by atoms with E-state index in [1.54, 1.807) is 0 Å². The van der Waals surface area contributed by atoms with Crippen LogP contribution >= 0.6 is 0 Å². The minimum absolute atomic E-state index is 0.867. The number of furan rings is 1. The van der Waals surface area contributed by atoms with Gasteiger partial charge in [0.2, 0.25) is 0 Å². The summed E-state index contributed by atoms with van der Waals surface area (Å²) >= 11 is 0. The lowest BCUT2D eigenvalue weighted by atomic mass is 9.98. The van der Waals surface area contributed by atoms with E-state index in [0.29, 0.717) is 0 Å². The fraction of sp³-hybridized carbons (Fsp3) is 0. The molecule has 0 aliphatic carbocycles. The van der Waals surface area contributed by atoms with E-state index >= 15 is 0 Å². The van der Waals surface area contributed by atoms with Crippen molar-refractivity contribution < 1.29 is 4.42 Å². The SMILES string of the molecule is c1ccc(-c2ccc(N(c3ccc(-c4ccccc4)cc3)c3cc4ccccc4c4c3oc3c(-c5ccccc5)cccc34)cc2)cc1. The van der Waals surface area contributed by atoms with Crippen LogP contribution in [0, 0.1) is 0 Å². The minimum Gasteiger partial charge on any atom is -0.453 e. The highest BCUT2D eigenvalue weighted by Gasteiger charge is 2.23. The second-order valence-electron chi connectivity index (χ2n) is 12.1. The zero-order valence-electron chi connectivity index (χ0n) is 26.3. The van der Waals surface area contributed by atoms with Gasteiger partial charge in [-0.25, -0.2) is 0 Å². The molecule has 0 aliphatic rings. The first-order chi connectivity index (χ1) is 23.8. The van der Waals surface area contributed by atoms with Crippen LogP contribution in [0.5, 0.6) is 0 Å². The van der Waals surface area contributed by atoms with Crippen molar-refractivity contribution in [1.82, 2.24) is 0 Å². The first kappa shape index (κ1) is 27.9. The summed E-state index contributed by atoms with van der Waals surface area (Å²) in [4.78, 5) is 2.34. The van der Waals surface area contributed by atoms with Crippen LogP contribution in [0.3, 0.4) is 0 Å². The molecule has 0 N–H and O–H groups in total. The molecule has 0 bridgehead atoms. The van der Waals surface area contributed by atoms with Crippen LogP contribution in [-0.2, 0) is 0 Å². The highest BCUT2D eigenvalue weighted by molar-refractivity contribution is 6.24. The Balaban J connectivity index is 1.30. The second kappa shape index (κ2) is 11.8. The van der Waals surface area contributed by atoms with Gasteiger partial charge in [0, 0.05) is 27.7 Å². The van der Waals surface area contributed by atoms with E-state index in [4.69, 9.17) is 4.42 Å². The van der Waals surface area contributed by atoms with Crippen LogP contribution in [0.25, 0.3) is 66.1 Å². The monoisotopic (exact) mass is 613 g/mol. The van der Waals surface area contributed by atoms with Crippen LogP contribution in [0.2, 0.25) is 0 Å². The van der Waals surface area contributed by atoms with Crippen molar-refractivity contribution in [2.45, 2.75) is 0 Å². The Bertz CT molecular complexity index is 2430. The fourth-order valence-corrected chi connectivity index (χ4v) is 6.94.